The Morgan fingerprint density at radius 2 is 1.92 bits per heavy atom. The zero-order valence-corrected chi connectivity index (χ0v) is 15.4. The number of nitrogens with zero attached hydrogens (tertiary/aromatic N) is 1. The van der Waals surface area contributed by atoms with Crippen LogP contribution < -0.4 is 9.62 Å². The van der Waals surface area contributed by atoms with Crippen LogP contribution in [0.25, 0.3) is 0 Å². The van der Waals surface area contributed by atoms with Crippen LogP contribution in [0.4, 0.5) is 11.4 Å². The van der Waals surface area contributed by atoms with Gasteiger partial charge in [0.2, 0.25) is 5.91 Å². The highest BCUT2D eigenvalue weighted by molar-refractivity contribution is 7.92. The Bertz CT molecular complexity index is 912. The maximum atomic E-state index is 12.7. The predicted octanol–water partition coefficient (Wildman–Crippen LogP) is 3.97. The molecule has 0 radical (unpaired) electrons. The van der Waals surface area contributed by atoms with Gasteiger partial charge in [-0.2, -0.15) is 0 Å². The number of carbonyl (C=O) groups excluding carboxylic acids is 1. The highest BCUT2D eigenvalue weighted by atomic mass is 35.5. The molecule has 0 aromatic heterocycles. The van der Waals surface area contributed by atoms with Crippen molar-refractivity contribution in [3.05, 3.63) is 53.1 Å². The Balaban J connectivity index is 1.89. The summed E-state index contributed by atoms with van der Waals surface area (Å²) in [4.78, 5) is 13.9. The summed E-state index contributed by atoms with van der Waals surface area (Å²) in [5.41, 5.74) is 1.72. The van der Waals surface area contributed by atoms with E-state index < -0.39 is 10.0 Å². The molecule has 1 aliphatic heterocycles. The van der Waals surface area contributed by atoms with Crippen molar-refractivity contribution in [1.82, 2.24) is 0 Å². The quantitative estimate of drug-likeness (QED) is 0.875. The van der Waals surface area contributed by atoms with Crippen molar-refractivity contribution in [3.63, 3.8) is 0 Å². The normalized spacial score (nSPS) is 15.3. The van der Waals surface area contributed by atoms with Gasteiger partial charge in [-0.15, -0.1) is 0 Å². The number of amides is 1. The van der Waals surface area contributed by atoms with Gasteiger partial charge >= 0.3 is 0 Å². The summed E-state index contributed by atoms with van der Waals surface area (Å²) >= 11 is 5.93. The van der Waals surface area contributed by atoms with Gasteiger partial charge in [0.25, 0.3) is 10.0 Å². The van der Waals surface area contributed by atoms with Gasteiger partial charge in [0.1, 0.15) is 0 Å². The van der Waals surface area contributed by atoms with Crippen molar-refractivity contribution in [3.8, 4) is 0 Å². The Morgan fingerprint density at radius 1 is 1.12 bits per heavy atom. The number of nitrogens with one attached hydrogen (secondary N) is 1. The first-order chi connectivity index (χ1) is 11.9. The molecule has 5 nitrogen and oxygen atoms in total. The molecule has 1 amide bonds. The molecule has 1 saturated heterocycles. The van der Waals surface area contributed by atoms with Crippen LogP contribution >= 0.6 is 11.6 Å². The van der Waals surface area contributed by atoms with Crippen LogP contribution in [0.1, 0.15) is 24.8 Å². The number of piperidine rings is 1. The van der Waals surface area contributed by atoms with Gasteiger partial charge < -0.3 is 4.90 Å². The molecule has 0 unspecified atom stereocenters. The van der Waals surface area contributed by atoms with E-state index in [1.165, 1.54) is 6.07 Å². The van der Waals surface area contributed by atoms with Crippen molar-refractivity contribution < 1.29 is 13.2 Å². The third-order valence-corrected chi connectivity index (χ3v) is 5.93. The van der Waals surface area contributed by atoms with E-state index in [0.29, 0.717) is 34.9 Å². The van der Waals surface area contributed by atoms with Gasteiger partial charge in [-0.25, -0.2) is 8.42 Å². The number of hydrogen-bond donors (Lipinski definition) is 1. The molecule has 1 aliphatic rings. The van der Waals surface area contributed by atoms with E-state index in [-0.39, 0.29) is 10.8 Å². The van der Waals surface area contributed by atoms with Gasteiger partial charge in [-0.3, -0.25) is 9.52 Å². The van der Waals surface area contributed by atoms with E-state index in [0.717, 1.165) is 12.8 Å². The molecule has 1 heterocycles. The Morgan fingerprint density at radius 3 is 2.68 bits per heavy atom. The van der Waals surface area contributed by atoms with E-state index in [2.05, 4.69) is 4.72 Å². The van der Waals surface area contributed by atoms with Gasteiger partial charge in [-0.1, -0.05) is 23.7 Å². The summed E-state index contributed by atoms with van der Waals surface area (Å²) in [5, 5.41) is 0.360. The van der Waals surface area contributed by atoms with E-state index in [1.54, 1.807) is 42.2 Å². The van der Waals surface area contributed by atoms with Gasteiger partial charge in [-0.05, 0) is 55.7 Å². The molecule has 0 saturated carbocycles. The van der Waals surface area contributed by atoms with Gasteiger partial charge in [0.15, 0.2) is 0 Å². The lowest BCUT2D eigenvalue weighted by Gasteiger charge is -2.27. The van der Waals surface area contributed by atoms with E-state index >= 15 is 0 Å². The average Bonchev–Trinajstić information content (AvgIpc) is 2.57. The molecule has 1 N–H and O–H groups in total. The first-order valence-electron chi connectivity index (χ1n) is 8.06. The Hall–Kier alpha value is -2.05. The number of hydrogen-bond acceptors (Lipinski definition) is 3. The number of benzene rings is 2. The highest BCUT2D eigenvalue weighted by Gasteiger charge is 2.21. The van der Waals surface area contributed by atoms with E-state index in [4.69, 9.17) is 11.6 Å². The minimum Gasteiger partial charge on any atom is -0.312 e. The zero-order chi connectivity index (χ0) is 18.0. The molecule has 25 heavy (non-hydrogen) atoms. The van der Waals surface area contributed by atoms with Crippen LogP contribution in [0.15, 0.2) is 47.4 Å². The lowest BCUT2D eigenvalue weighted by Crippen LogP contribution is -2.35. The smallest absolute Gasteiger partial charge is 0.262 e. The first-order valence-corrected chi connectivity index (χ1v) is 9.92. The van der Waals surface area contributed by atoms with Crippen molar-refractivity contribution in [1.29, 1.82) is 0 Å². The minimum absolute atomic E-state index is 0.0666. The maximum absolute atomic E-state index is 12.7. The second-order valence-corrected chi connectivity index (χ2v) is 8.16. The van der Waals surface area contributed by atoms with Crippen LogP contribution in [-0.2, 0) is 14.8 Å². The van der Waals surface area contributed by atoms with Gasteiger partial charge in [0, 0.05) is 23.7 Å². The molecule has 2 aromatic rings. The SMILES string of the molecule is Cc1ccc(Cl)cc1S(=O)(=O)Nc1cccc(N2CCCCC2=O)c1. The largest absolute Gasteiger partial charge is 0.312 e. The molecule has 3 rings (SSSR count). The third kappa shape index (κ3) is 3.96. The second kappa shape index (κ2) is 7.06. The lowest BCUT2D eigenvalue weighted by molar-refractivity contribution is -0.119. The molecule has 7 heteroatoms. The molecule has 1 fully saturated rings. The number of anilines is 2. The zero-order valence-electron chi connectivity index (χ0n) is 13.8. The van der Waals surface area contributed by atoms with Crippen molar-refractivity contribution >= 4 is 38.9 Å². The predicted molar refractivity (Wildman–Crippen MR) is 99.6 cm³/mol. The van der Waals surface area contributed by atoms with Crippen LogP contribution in [0, 0.1) is 6.92 Å². The van der Waals surface area contributed by atoms with E-state index in [1.807, 2.05) is 6.07 Å². The molecule has 2 aromatic carbocycles. The monoisotopic (exact) mass is 378 g/mol. The highest BCUT2D eigenvalue weighted by Crippen LogP contribution is 2.27. The Labute approximate surface area is 152 Å². The van der Waals surface area contributed by atoms with Crippen LogP contribution in [0.5, 0.6) is 0 Å². The second-order valence-electron chi connectivity index (χ2n) is 6.07. The topological polar surface area (TPSA) is 66.5 Å². The number of sulfonamides is 1. The number of carbonyl (C=O) groups is 1. The van der Waals surface area contributed by atoms with Gasteiger partial charge in [0.05, 0.1) is 10.6 Å². The number of halogens is 1. The fourth-order valence-electron chi connectivity index (χ4n) is 2.89. The molecular weight excluding hydrogens is 360 g/mol. The standard InChI is InChI=1S/C18H19ClN2O3S/c1-13-8-9-14(19)11-17(13)25(23,24)20-15-5-4-6-16(12-15)21-10-3-2-7-18(21)22/h4-6,8-9,11-12,20H,2-3,7,10H2,1H3. The molecule has 0 bridgehead atoms. The number of aryl methyl sites for hydroxylation is 1. The summed E-state index contributed by atoms with van der Waals surface area (Å²) in [6, 6.07) is 11.6. The minimum atomic E-state index is -3.77. The fourth-order valence-corrected chi connectivity index (χ4v) is 4.45. The summed E-state index contributed by atoms with van der Waals surface area (Å²) in [6.45, 7) is 2.37. The van der Waals surface area contributed by atoms with Crippen LogP contribution in [0.2, 0.25) is 5.02 Å². The molecule has 0 spiro atoms. The van der Waals surface area contributed by atoms with Crippen LogP contribution in [0.3, 0.4) is 0 Å². The fraction of sp³-hybridized carbons (Fsp3) is 0.278. The summed E-state index contributed by atoms with van der Waals surface area (Å²) in [6.07, 6.45) is 2.37. The molecular formula is C18H19ClN2O3S. The first kappa shape index (κ1) is 17.8. The van der Waals surface area contributed by atoms with Crippen molar-refractivity contribution in [2.45, 2.75) is 31.1 Å². The van der Waals surface area contributed by atoms with E-state index in [9.17, 15) is 13.2 Å². The average molecular weight is 379 g/mol. The summed E-state index contributed by atoms with van der Waals surface area (Å²) in [5.74, 6) is 0.0666. The molecule has 0 aliphatic carbocycles. The maximum Gasteiger partial charge on any atom is 0.262 e. The van der Waals surface area contributed by atoms with Crippen LogP contribution in [-0.4, -0.2) is 20.9 Å². The summed E-state index contributed by atoms with van der Waals surface area (Å²) in [7, 11) is -3.77. The molecule has 132 valence electrons. The Kier molecular flexibility index (Phi) is 5.01. The number of rotatable bonds is 4. The van der Waals surface area contributed by atoms with Crippen molar-refractivity contribution in [2.75, 3.05) is 16.2 Å². The lowest BCUT2D eigenvalue weighted by atomic mass is 10.1. The molecule has 0 atom stereocenters. The van der Waals surface area contributed by atoms with Crippen molar-refractivity contribution in [2.24, 2.45) is 0 Å². The third-order valence-electron chi connectivity index (χ3n) is 4.17. The summed E-state index contributed by atoms with van der Waals surface area (Å²) < 4.78 is 27.9.